The van der Waals surface area contributed by atoms with Crippen molar-refractivity contribution in [2.24, 2.45) is 0 Å². The van der Waals surface area contributed by atoms with E-state index in [0.29, 0.717) is 35.4 Å². The Bertz CT molecular complexity index is 3390. The van der Waals surface area contributed by atoms with E-state index in [1.54, 1.807) is 17.4 Å². The van der Waals surface area contributed by atoms with E-state index < -0.39 is 85.9 Å². The maximum absolute atomic E-state index is 13.5. The first-order valence-electron chi connectivity index (χ1n) is 20.3. The third-order valence-electron chi connectivity index (χ3n) is 11.1. The molecule has 0 amide bonds. The molecule has 0 unspecified atom stereocenters. The number of benzene rings is 2. The number of hydrogen-bond acceptors (Lipinski definition) is 16. The minimum atomic E-state index is -3.94. The standard InChI is InChI=1S/C19H26N6O7SSi.C10H20N2OSi.C9H7FN4O6S/c1-19(2,3)34(5,6)32-10-12-9-23(11-20-12)15-7-13-14(8-16(15)25(28)29)21-18(27)24(17(13)26)22-33(4,30)31;1-10(2,3)14(4,5)13-7-9-6-11-8-12-9;1-21(19,20)12-13-8(15)4-2-5(10)7(14(17)18)3-6(4)11-9(13)16/h7-9,11,22H,10H2,1-6H3,(H,21,27);6,8H,7H2,1-5H3,(H,11,12);2-3,12H,1H3,(H,11,16). The first-order chi connectivity index (χ1) is 31.4. The molecule has 0 spiro atoms. The number of halogens is 1. The molecule has 5 N–H and O–H groups in total. The van der Waals surface area contributed by atoms with Crippen LogP contribution in [0.4, 0.5) is 15.8 Å². The second-order valence-corrected chi connectivity index (χ2v) is 31.6. The van der Waals surface area contributed by atoms with Crippen molar-refractivity contribution in [1.29, 1.82) is 0 Å². The van der Waals surface area contributed by atoms with E-state index in [1.807, 2.05) is 11.0 Å². The van der Waals surface area contributed by atoms with Gasteiger partial charge in [-0.25, -0.2) is 46.1 Å². The normalized spacial score (nSPS) is 12.5. The Kier molecular flexibility index (Phi) is 16.0. The van der Waals surface area contributed by atoms with E-state index in [9.17, 15) is 60.6 Å². The summed E-state index contributed by atoms with van der Waals surface area (Å²) in [7, 11) is -11.5. The van der Waals surface area contributed by atoms with E-state index >= 15 is 0 Å². The van der Waals surface area contributed by atoms with E-state index in [4.69, 9.17) is 8.85 Å². The molecule has 6 rings (SSSR count). The topological polar surface area (TPSA) is 353 Å². The number of aromatic amines is 3. The fourth-order valence-corrected chi connectivity index (χ4v) is 8.22. The number of nitro groups is 2. The zero-order valence-electron chi connectivity index (χ0n) is 39.6. The monoisotopic (exact) mass is 1040 g/mol. The van der Waals surface area contributed by atoms with Crippen molar-refractivity contribution in [3.05, 3.63) is 128 Å². The summed E-state index contributed by atoms with van der Waals surface area (Å²) < 4.78 is 72.6. The number of rotatable bonds is 13. The highest BCUT2D eigenvalue weighted by atomic mass is 32.2. The molecule has 376 valence electrons. The lowest BCUT2D eigenvalue weighted by atomic mass is 10.2. The SMILES string of the molecule is CC(C)(C)[Si](C)(C)OCc1cn(-c2cc3c(=O)n(NS(C)(=O)=O)c(=O)[nH]c3cc2[N+](=O)[O-])cn1.CC(C)(C)[Si](C)(C)OCc1cnc[nH]1.CS(=O)(=O)Nn1c(=O)[nH]c2cc([N+](=O)[O-])c(F)cc2c1=O. The van der Waals surface area contributed by atoms with Crippen LogP contribution in [-0.2, 0) is 42.1 Å². The molecule has 0 radical (unpaired) electrons. The lowest BCUT2D eigenvalue weighted by molar-refractivity contribution is -0.387. The molecular weight excluding hydrogens is 988 g/mol. The minimum Gasteiger partial charge on any atom is -0.411 e. The minimum absolute atomic E-state index is 0.0104. The Morgan fingerprint density at radius 2 is 1.19 bits per heavy atom. The van der Waals surface area contributed by atoms with Gasteiger partial charge in [-0.15, -0.1) is 0 Å². The largest absolute Gasteiger partial charge is 0.411 e. The fraction of sp³-hybridized carbons (Fsp3) is 0.421. The van der Waals surface area contributed by atoms with Gasteiger partial charge in [-0.2, -0.15) is 13.7 Å². The van der Waals surface area contributed by atoms with Crippen molar-refractivity contribution >= 4 is 69.9 Å². The lowest BCUT2D eigenvalue weighted by Crippen LogP contribution is -2.43. The Hall–Kier alpha value is -6.68. The van der Waals surface area contributed by atoms with Crippen molar-refractivity contribution in [3.8, 4) is 5.69 Å². The third-order valence-corrected chi connectivity index (χ3v) is 21.1. The Morgan fingerprint density at radius 1 is 0.739 bits per heavy atom. The molecule has 0 saturated carbocycles. The second-order valence-electron chi connectivity index (χ2n) is 18.6. The zero-order chi connectivity index (χ0) is 52.4. The summed E-state index contributed by atoms with van der Waals surface area (Å²) in [6.45, 7) is 22.6. The second kappa shape index (κ2) is 20.1. The lowest BCUT2D eigenvalue weighted by Gasteiger charge is -2.35. The first-order valence-corrected chi connectivity index (χ1v) is 29.9. The van der Waals surface area contributed by atoms with Crippen molar-refractivity contribution < 1.29 is 39.9 Å². The van der Waals surface area contributed by atoms with Gasteiger partial charge in [0.25, 0.3) is 16.8 Å². The van der Waals surface area contributed by atoms with Crippen LogP contribution in [0.5, 0.6) is 0 Å². The van der Waals surface area contributed by atoms with Crippen LogP contribution in [0, 0.1) is 26.0 Å². The highest BCUT2D eigenvalue weighted by Crippen LogP contribution is 2.38. The van der Waals surface area contributed by atoms with Gasteiger partial charge in [-0.3, -0.25) is 34.4 Å². The molecule has 0 fully saturated rings. The molecule has 0 aliphatic carbocycles. The van der Waals surface area contributed by atoms with E-state index in [0.717, 1.165) is 18.0 Å². The van der Waals surface area contributed by atoms with Crippen molar-refractivity contribution in [2.75, 3.05) is 22.2 Å². The van der Waals surface area contributed by atoms with E-state index in [1.165, 1.54) is 17.0 Å². The summed E-state index contributed by atoms with van der Waals surface area (Å²) >= 11 is 0. The van der Waals surface area contributed by atoms with Crippen LogP contribution in [0.3, 0.4) is 0 Å². The van der Waals surface area contributed by atoms with E-state index in [-0.39, 0.29) is 49.2 Å². The van der Waals surface area contributed by atoms with Crippen LogP contribution in [0.25, 0.3) is 27.5 Å². The van der Waals surface area contributed by atoms with Gasteiger partial charge in [0.05, 0.1) is 87.6 Å². The van der Waals surface area contributed by atoms with Crippen LogP contribution < -0.4 is 32.2 Å². The smallest absolute Gasteiger partial charge is 0.348 e. The average molecular weight is 1040 g/mol. The van der Waals surface area contributed by atoms with Gasteiger partial charge in [0.1, 0.15) is 5.69 Å². The molecule has 4 heterocycles. The van der Waals surface area contributed by atoms with Gasteiger partial charge in [-0.1, -0.05) is 41.5 Å². The van der Waals surface area contributed by atoms with Crippen LogP contribution in [0.2, 0.25) is 36.3 Å². The molecule has 69 heavy (non-hydrogen) atoms. The predicted octanol–water partition coefficient (Wildman–Crippen LogP) is 3.98. The number of fused-ring (bicyclic) bond motifs is 2. The first kappa shape index (κ1) is 54.9. The molecule has 31 heteroatoms. The van der Waals surface area contributed by atoms with Gasteiger partial charge in [-0.05, 0) is 48.4 Å². The number of H-pyrrole nitrogens is 3. The number of hydrogen-bond donors (Lipinski definition) is 5. The number of aromatic nitrogens is 8. The van der Waals surface area contributed by atoms with Gasteiger partial charge in [0, 0.05) is 18.3 Å². The number of imidazole rings is 2. The molecule has 0 bridgehead atoms. The van der Waals surface area contributed by atoms with Crippen molar-refractivity contribution in [1.82, 2.24) is 38.8 Å². The van der Waals surface area contributed by atoms with Gasteiger partial charge in [0.15, 0.2) is 16.6 Å². The number of nitrogens with one attached hydrogen (secondary N) is 5. The summed E-state index contributed by atoms with van der Waals surface area (Å²) in [5, 5.41) is 22.0. The van der Waals surface area contributed by atoms with Crippen LogP contribution >= 0.6 is 0 Å². The summed E-state index contributed by atoms with van der Waals surface area (Å²) in [6.07, 6.45) is 7.90. The van der Waals surface area contributed by atoms with Crippen molar-refractivity contribution in [3.63, 3.8) is 0 Å². The summed E-state index contributed by atoms with van der Waals surface area (Å²) in [4.78, 5) is 88.3. The molecule has 0 aliphatic rings. The molecule has 2 aromatic carbocycles. The fourth-order valence-electron chi connectivity index (χ4n) is 5.34. The number of sulfonamides is 2. The summed E-state index contributed by atoms with van der Waals surface area (Å²) in [6, 6.07) is 3.47. The molecule has 6 aromatic rings. The van der Waals surface area contributed by atoms with Gasteiger partial charge < -0.3 is 23.8 Å². The Labute approximate surface area is 394 Å². The molecule has 0 atom stereocenters. The maximum Gasteiger partial charge on any atom is 0.348 e. The molecular formula is C38H53FN12O14S2Si2. The molecule has 26 nitrogen and oxygen atoms in total. The summed E-state index contributed by atoms with van der Waals surface area (Å²) in [5.41, 5.74) is -4.50. The van der Waals surface area contributed by atoms with Crippen LogP contribution in [0.15, 0.2) is 68.5 Å². The highest BCUT2D eigenvalue weighted by Gasteiger charge is 2.38. The Morgan fingerprint density at radius 3 is 1.61 bits per heavy atom. The number of nitro benzene ring substituents is 2. The zero-order valence-corrected chi connectivity index (χ0v) is 43.2. The Balaban J connectivity index is 0.000000251. The quantitative estimate of drug-likeness (QED) is 0.0620. The predicted molar refractivity (Wildman–Crippen MR) is 259 cm³/mol. The maximum atomic E-state index is 13.5. The van der Waals surface area contributed by atoms with Crippen LogP contribution in [0.1, 0.15) is 52.9 Å². The highest BCUT2D eigenvalue weighted by molar-refractivity contribution is 7.91. The van der Waals surface area contributed by atoms with Crippen LogP contribution in [-0.4, -0.2) is 94.7 Å². The van der Waals surface area contributed by atoms with Gasteiger partial charge >= 0.3 is 17.1 Å². The molecule has 0 saturated heterocycles. The third kappa shape index (κ3) is 13.7. The van der Waals surface area contributed by atoms with Crippen molar-refractivity contribution in [2.45, 2.75) is 91.0 Å². The van der Waals surface area contributed by atoms with Gasteiger partial charge in [0.2, 0.25) is 25.9 Å². The average Bonchev–Trinajstić information content (AvgIpc) is 3.91. The number of nitrogens with zero attached hydrogens (tertiary/aromatic N) is 7. The summed E-state index contributed by atoms with van der Waals surface area (Å²) in [5.74, 6) is -1.29. The molecule has 0 aliphatic heterocycles. The molecule has 4 aromatic heterocycles. The van der Waals surface area contributed by atoms with E-state index in [2.05, 4.69) is 92.7 Å².